The molecule has 2 aromatic heterocycles. The molecule has 5 rings (SSSR count). The molecule has 4 heterocycles. The topological polar surface area (TPSA) is 79.2 Å². The van der Waals surface area contributed by atoms with E-state index in [0.717, 1.165) is 43.0 Å². The molecule has 1 saturated heterocycles. The molecule has 8 heteroatoms. The summed E-state index contributed by atoms with van der Waals surface area (Å²) >= 11 is 0. The summed E-state index contributed by atoms with van der Waals surface area (Å²) in [5, 5.41) is 7.76. The van der Waals surface area contributed by atoms with E-state index in [9.17, 15) is 4.79 Å². The van der Waals surface area contributed by atoms with Crippen LogP contribution in [-0.2, 0) is 17.9 Å². The second kappa shape index (κ2) is 7.44. The molecule has 0 radical (unpaired) electrons. The van der Waals surface area contributed by atoms with Crippen LogP contribution in [0, 0.1) is 6.92 Å². The van der Waals surface area contributed by atoms with Crippen molar-refractivity contribution in [2.24, 2.45) is 0 Å². The van der Waals surface area contributed by atoms with E-state index in [1.165, 1.54) is 11.1 Å². The van der Waals surface area contributed by atoms with Gasteiger partial charge in [0.2, 0.25) is 11.9 Å². The lowest BCUT2D eigenvalue weighted by Gasteiger charge is -2.36. The van der Waals surface area contributed by atoms with Crippen LogP contribution in [-0.4, -0.2) is 45.3 Å². The van der Waals surface area contributed by atoms with Gasteiger partial charge in [0, 0.05) is 31.9 Å². The summed E-state index contributed by atoms with van der Waals surface area (Å²) in [4.78, 5) is 25.5. The molecule has 1 N–H and O–H groups in total. The Morgan fingerprint density at radius 1 is 1.17 bits per heavy atom. The summed E-state index contributed by atoms with van der Waals surface area (Å²) in [7, 11) is 1.80. The average Bonchev–Trinajstić information content (AvgIpc) is 3.42. The highest BCUT2D eigenvalue weighted by molar-refractivity contribution is 6.04. The maximum absolute atomic E-state index is 12.5. The molecule has 1 aromatic carbocycles. The van der Waals surface area contributed by atoms with Crippen LogP contribution in [0.2, 0.25) is 0 Å². The van der Waals surface area contributed by atoms with Crippen LogP contribution in [0.25, 0.3) is 0 Å². The molecule has 1 fully saturated rings. The van der Waals surface area contributed by atoms with Crippen molar-refractivity contribution < 1.29 is 4.79 Å². The molecule has 0 unspecified atom stereocenters. The molecule has 3 aromatic rings. The zero-order valence-electron chi connectivity index (χ0n) is 17.2. The van der Waals surface area contributed by atoms with E-state index >= 15 is 0 Å². The zero-order valence-corrected chi connectivity index (χ0v) is 17.2. The van der Waals surface area contributed by atoms with Crippen LogP contribution in [0.4, 0.5) is 17.5 Å². The summed E-state index contributed by atoms with van der Waals surface area (Å²) in [5.41, 5.74) is 4.31. The first-order chi connectivity index (χ1) is 14.6. The predicted molar refractivity (Wildman–Crippen MR) is 116 cm³/mol. The summed E-state index contributed by atoms with van der Waals surface area (Å²) in [6.07, 6.45) is 7.53. The fraction of sp³-hybridized carbons (Fsp3) is 0.364. The number of aryl methyl sites for hydroxylation is 1. The zero-order chi connectivity index (χ0) is 20.7. The van der Waals surface area contributed by atoms with E-state index in [2.05, 4.69) is 51.5 Å². The number of nitrogens with one attached hydrogen (secondary N) is 1. The minimum absolute atomic E-state index is 0.0924. The Bertz CT molecular complexity index is 1080. The van der Waals surface area contributed by atoms with Crippen LogP contribution in [0.1, 0.15) is 29.5 Å². The number of anilines is 3. The minimum atomic E-state index is -0.0924. The van der Waals surface area contributed by atoms with Crippen molar-refractivity contribution in [3.63, 3.8) is 0 Å². The maximum atomic E-state index is 12.5. The van der Waals surface area contributed by atoms with Crippen molar-refractivity contribution in [2.75, 3.05) is 28.7 Å². The molecular formula is C22H25N7O. The quantitative estimate of drug-likeness (QED) is 0.705. The molecule has 154 valence electrons. The van der Waals surface area contributed by atoms with Crippen molar-refractivity contribution in [1.29, 1.82) is 0 Å². The van der Waals surface area contributed by atoms with Gasteiger partial charge in [-0.25, -0.2) is 4.98 Å². The second-order valence-electron chi connectivity index (χ2n) is 8.04. The number of hydrogen-bond acceptors (Lipinski definition) is 6. The van der Waals surface area contributed by atoms with Gasteiger partial charge >= 0.3 is 0 Å². The lowest BCUT2D eigenvalue weighted by Crippen LogP contribution is -2.49. The summed E-state index contributed by atoms with van der Waals surface area (Å²) in [5.74, 6) is 1.53. The fourth-order valence-corrected chi connectivity index (χ4v) is 4.16. The van der Waals surface area contributed by atoms with E-state index in [4.69, 9.17) is 4.98 Å². The van der Waals surface area contributed by atoms with Crippen LogP contribution in [0.5, 0.6) is 0 Å². The number of nitrogens with zero attached hydrogens (tertiary/aromatic N) is 6. The molecule has 0 bridgehead atoms. The van der Waals surface area contributed by atoms with Crippen molar-refractivity contribution in [1.82, 2.24) is 19.7 Å². The maximum Gasteiger partial charge on any atom is 0.249 e. The molecule has 30 heavy (non-hydrogen) atoms. The van der Waals surface area contributed by atoms with Crippen molar-refractivity contribution >= 4 is 23.4 Å². The largest absolute Gasteiger partial charge is 0.350 e. The van der Waals surface area contributed by atoms with E-state index in [-0.39, 0.29) is 11.9 Å². The summed E-state index contributed by atoms with van der Waals surface area (Å²) < 4.78 is 1.94. The third kappa shape index (κ3) is 3.38. The van der Waals surface area contributed by atoms with Gasteiger partial charge in [-0.2, -0.15) is 10.1 Å². The lowest BCUT2D eigenvalue weighted by molar-refractivity contribution is -0.119. The number of likely N-dealkylation sites (N-methyl/N-ethyl adjacent to an activating group) is 1. The minimum Gasteiger partial charge on any atom is -0.350 e. The molecule has 8 nitrogen and oxygen atoms in total. The SMILES string of the molecule is Cc1ccc(Cn2cc(CNc3ncc4c(n3)N3CCC[C@H]3C(=O)N4C)cn2)cc1. The molecule has 0 saturated carbocycles. The van der Waals surface area contributed by atoms with Crippen LogP contribution >= 0.6 is 0 Å². The first kappa shape index (κ1) is 18.6. The Morgan fingerprint density at radius 3 is 2.83 bits per heavy atom. The predicted octanol–water partition coefficient (Wildman–Crippen LogP) is 2.59. The number of hydrogen-bond donors (Lipinski definition) is 1. The number of rotatable bonds is 5. The molecule has 0 aliphatic carbocycles. The van der Waals surface area contributed by atoms with Crippen LogP contribution in [0.3, 0.4) is 0 Å². The van der Waals surface area contributed by atoms with Gasteiger partial charge in [-0.3, -0.25) is 9.48 Å². The number of benzene rings is 1. The highest BCUT2D eigenvalue weighted by Crippen LogP contribution is 2.37. The summed E-state index contributed by atoms with van der Waals surface area (Å²) in [6.45, 7) is 4.28. The number of carbonyl (C=O) groups is 1. The molecule has 1 atom stereocenters. The number of fused-ring (bicyclic) bond motifs is 3. The van der Waals surface area contributed by atoms with Gasteiger partial charge in [0.05, 0.1) is 18.9 Å². The molecule has 2 aliphatic heterocycles. The number of amides is 1. The van der Waals surface area contributed by atoms with E-state index in [0.29, 0.717) is 12.5 Å². The first-order valence-corrected chi connectivity index (χ1v) is 10.3. The summed E-state index contributed by atoms with van der Waals surface area (Å²) in [6, 6.07) is 8.40. The van der Waals surface area contributed by atoms with E-state index in [1.54, 1.807) is 18.1 Å². The average molecular weight is 403 g/mol. The first-order valence-electron chi connectivity index (χ1n) is 10.3. The second-order valence-corrected chi connectivity index (χ2v) is 8.04. The third-order valence-corrected chi connectivity index (χ3v) is 5.85. The van der Waals surface area contributed by atoms with Gasteiger partial charge in [0.15, 0.2) is 5.82 Å². The van der Waals surface area contributed by atoms with Crippen LogP contribution < -0.4 is 15.1 Å². The Hall–Kier alpha value is -3.42. The van der Waals surface area contributed by atoms with Crippen molar-refractivity contribution in [2.45, 2.75) is 38.9 Å². The van der Waals surface area contributed by atoms with Gasteiger partial charge in [-0.15, -0.1) is 0 Å². The van der Waals surface area contributed by atoms with Gasteiger partial charge in [-0.05, 0) is 25.3 Å². The highest BCUT2D eigenvalue weighted by atomic mass is 16.2. The smallest absolute Gasteiger partial charge is 0.249 e. The highest BCUT2D eigenvalue weighted by Gasteiger charge is 2.40. The Labute approximate surface area is 175 Å². The molecule has 0 spiro atoms. The Balaban J connectivity index is 1.27. The standard InChI is InChI=1S/C22H25N7O/c1-15-5-7-16(8-6-15)13-28-14-17(11-25-28)10-23-22-24-12-19-20(26-22)29-9-3-4-18(29)21(30)27(19)2/h5-8,11-12,14,18H,3-4,9-10,13H2,1-2H3,(H,23,24,26)/t18-/m0/s1. The normalized spacial score (nSPS) is 17.8. The molecule has 1 amide bonds. The fourth-order valence-electron chi connectivity index (χ4n) is 4.16. The molecule has 2 aliphatic rings. The van der Waals surface area contributed by atoms with Crippen LogP contribution in [0.15, 0.2) is 42.9 Å². The van der Waals surface area contributed by atoms with Gasteiger partial charge < -0.3 is 15.1 Å². The van der Waals surface area contributed by atoms with Crippen molar-refractivity contribution in [3.8, 4) is 0 Å². The van der Waals surface area contributed by atoms with E-state index in [1.807, 2.05) is 17.1 Å². The Morgan fingerprint density at radius 2 is 2.00 bits per heavy atom. The lowest BCUT2D eigenvalue weighted by atomic mass is 10.1. The molecular weight excluding hydrogens is 378 g/mol. The van der Waals surface area contributed by atoms with Crippen molar-refractivity contribution in [3.05, 3.63) is 59.5 Å². The van der Waals surface area contributed by atoms with Gasteiger partial charge in [0.25, 0.3) is 0 Å². The monoisotopic (exact) mass is 403 g/mol. The van der Waals surface area contributed by atoms with Gasteiger partial charge in [-0.1, -0.05) is 29.8 Å². The third-order valence-electron chi connectivity index (χ3n) is 5.85. The van der Waals surface area contributed by atoms with E-state index < -0.39 is 0 Å². The Kier molecular flexibility index (Phi) is 4.61. The number of aromatic nitrogens is 4. The number of carbonyl (C=O) groups excluding carboxylic acids is 1. The van der Waals surface area contributed by atoms with Gasteiger partial charge in [0.1, 0.15) is 11.7 Å².